The number of likely N-dealkylation sites (tertiary alicyclic amines) is 1. The average Bonchev–Trinajstić information content (AvgIpc) is 1.14. The SMILES string of the molecule is CC(=O)N[C@@H](CCC(CNC(C)C)C(=O)[C@H](C)N(C(=O)[C@H](CC(C)C)NC(=O)[C@H](CCCCNCc1cccnc1)NC(=O)[C@H](Cc1ccc(O)cc1)N(C)C(=O)[C@H](CO)NC(=O)[C@H](C)NC(=O)[C@@H](N)Cc1ccc(Cl)cc1)c1ccc2ccccc2c1)C(=O)N1CCC[C@H]1C(=O)N[C@@H](C)C(=O)Nc1cccnc1. The van der Waals surface area contributed by atoms with E-state index in [2.05, 4.69) is 57.8 Å². The van der Waals surface area contributed by atoms with Gasteiger partial charge in [0.15, 0.2) is 5.78 Å². The zero-order valence-electron chi connectivity index (χ0n) is 63.5. The molecule has 1 fully saturated rings. The molecular weight excluding hydrogens is 1410 g/mol. The number of nitrogens with one attached hydrogen (secondary N) is 9. The maximum absolute atomic E-state index is 16.1. The molecule has 0 bridgehead atoms. The first kappa shape index (κ1) is 86.0. The van der Waals surface area contributed by atoms with Gasteiger partial charge in [0.25, 0.3) is 0 Å². The lowest BCUT2D eigenvalue weighted by atomic mass is 9.90. The van der Waals surface area contributed by atoms with E-state index in [4.69, 9.17) is 17.3 Å². The summed E-state index contributed by atoms with van der Waals surface area (Å²) in [7, 11) is 1.29. The number of likely N-dealkylation sites (N-methyl/N-ethyl adjacent to an activating group) is 1. The molecule has 586 valence electrons. The van der Waals surface area contributed by atoms with E-state index in [9.17, 15) is 43.8 Å². The highest BCUT2D eigenvalue weighted by Crippen LogP contribution is 2.29. The molecule has 109 heavy (non-hydrogen) atoms. The normalized spacial score (nSPS) is 15.5. The minimum atomic E-state index is -1.66. The van der Waals surface area contributed by atoms with Crippen LogP contribution in [0.4, 0.5) is 11.4 Å². The van der Waals surface area contributed by atoms with Gasteiger partial charge in [-0.15, -0.1) is 0 Å². The fraction of sp³-hybridized carbons (Fsp3) is 0.463. The van der Waals surface area contributed by atoms with E-state index in [0.29, 0.717) is 59.9 Å². The molecule has 0 radical (unpaired) electrons. The summed E-state index contributed by atoms with van der Waals surface area (Å²) in [6, 6.07) is 19.6. The Morgan fingerprint density at radius 2 is 1.28 bits per heavy atom. The lowest BCUT2D eigenvalue weighted by molar-refractivity contribution is -0.143. The Bertz CT molecular complexity index is 4050. The summed E-state index contributed by atoms with van der Waals surface area (Å²) in [5.74, 6) is -8.60. The van der Waals surface area contributed by atoms with E-state index in [1.54, 1.807) is 86.2 Å². The molecule has 4 aromatic carbocycles. The van der Waals surface area contributed by atoms with Gasteiger partial charge in [0, 0.05) is 81.3 Å². The maximum atomic E-state index is 16.1. The number of hydrogen-bond donors (Lipinski definition) is 12. The van der Waals surface area contributed by atoms with Crippen molar-refractivity contribution < 1.29 is 63.0 Å². The van der Waals surface area contributed by atoms with Gasteiger partial charge >= 0.3 is 0 Å². The molecule has 3 heterocycles. The third-order valence-electron chi connectivity index (χ3n) is 19.1. The molecule has 0 saturated carbocycles. The highest BCUT2D eigenvalue weighted by molar-refractivity contribution is 6.30. The quantitative estimate of drug-likeness (QED) is 0.0227. The number of ketones is 1. The van der Waals surface area contributed by atoms with Crippen molar-refractivity contribution in [2.45, 2.75) is 193 Å². The van der Waals surface area contributed by atoms with E-state index >= 15 is 19.2 Å². The molecule has 29 heteroatoms. The molecular formula is C80H106ClN15O13. The topological polar surface area (TPSA) is 398 Å². The Labute approximate surface area is 642 Å². The van der Waals surface area contributed by atoms with Crippen molar-refractivity contribution >= 4 is 98.6 Å². The molecule has 1 saturated heterocycles. The van der Waals surface area contributed by atoms with Gasteiger partial charge in [0.2, 0.25) is 59.1 Å². The smallest absolute Gasteiger partial charge is 0.250 e. The van der Waals surface area contributed by atoms with E-state index in [1.165, 1.54) is 55.9 Å². The number of nitrogens with two attached hydrogens (primary N) is 1. The van der Waals surface area contributed by atoms with Crippen molar-refractivity contribution in [3.05, 3.63) is 162 Å². The number of phenolic OH excluding ortho intramolecular Hbond substituents is 1. The number of nitrogens with zero attached hydrogens (tertiary/aromatic N) is 5. The average molecular weight is 1520 g/mol. The number of benzene rings is 4. The lowest BCUT2D eigenvalue weighted by Gasteiger charge is -2.35. The summed E-state index contributed by atoms with van der Waals surface area (Å²) < 4.78 is 0. The third-order valence-corrected chi connectivity index (χ3v) is 19.3. The summed E-state index contributed by atoms with van der Waals surface area (Å²) in [5, 5.41) is 49.0. The molecule has 7 rings (SSSR count). The molecule has 0 aliphatic carbocycles. The number of fused-ring (bicyclic) bond motifs is 1. The molecule has 2 aromatic heterocycles. The van der Waals surface area contributed by atoms with Crippen LogP contribution in [0.3, 0.4) is 0 Å². The number of aliphatic hydroxyl groups excluding tert-OH is 1. The third kappa shape index (κ3) is 26.3. The van der Waals surface area contributed by atoms with Crippen LogP contribution in [0.25, 0.3) is 10.8 Å². The van der Waals surface area contributed by atoms with Crippen LogP contribution in [0.15, 0.2) is 140 Å². The van der Waals surface area contributed by atoms with Crippen molar-refractivity contribution in [3.8, 4) is 5.75 Å². The number of amides is 10. The van der Waals surface area contributed by atoms with Crippen LogP contribution in [-0.2, 0) is 72.1 Å². The van der Waals surface area contributed by atoms with Crippen molar-refractivity contribution in [1.82, 2.24) is 62.3 Å². The Morgan fingerprint density at radius 1 is 0.633 bits per heavy atom. The summed E-state index contributed by atoms with van der Waals surface area (Å²) >= 11 is 6.03. The number of aromatic hydroxyl groups is 1. The first-order valence-electron chi connectivity index (χ1n) is 37.2. The zero-order chi connectivity index (χ0) is 79.4. The molecule has 0 spiro atoms. The van der Waals surface area contributed by atoms with Crippen molar-refractivity contribution in [3.63, 3.8) is 0 Å². The minimum absolute atomic E-state index is 0.00731. The molecule has 6 aromatic rings. The number of halogens is 1. The van der Waals surface area contributed by atoms with E-state index in [-0.39, 0.29) is 75.7 Å². The van der Waals surface area contributed by atoms with Crippen LogP contribution >= 0.6 is 11.6 Å². The molecule has 13 N–H and O–H groups in total. The van der Waals surface area contributed by atoms with Gasteiger partial charge in [0.1, 0.15) is 54.1 Å². The van der Waals surface area contributed by atoms with Crippen LogP contribution in [0, 0.1) is 11.8 Å². The summed E-state index contributed by atoms with van der Waals surface area (Å²) in [4.78, 5) is 171. The van der Waals surface area contributed by atoms with Crippen LogP contribution in [0.1, 0.15) is 123 Å². The number of aromatic nitrogens is 2. The van der Waals surface area contributed by atoms with Crippen LogP contribution in [-0.4, -0.2) is 195 Å². The van der Waals surface area contributed by atoms with Gasteiger partial charge in [-0.3, -0.25) is 62.7 Å². The summed E-state index contributed by atoms with van der Waals surface area (Å²) in [5.41, 5.74) is 9.07. The standard InChI is InChI=1S/C80H106ClN15O13/c1-48(2)39-67(80(109)96(62-31-27-57-18-10-11-19-58(57)42-62)52(7)71(100)59(45-86-49(3)4)28-34-66(89-53(8)98)79(108)95-38-16-22-69(95)76(105)88-50(5)72(101)90-61-20-15-37-85-46-61)92-75(104)65(21-12-13-35-83-43-56-17-14-36-84-44-56)91-77(106)70(41-55-25-32-63(99)33-26-55)94(9)78(107)68(47-97)93-73(102)51(6)87-74(103)64(82)40-54-23-29-60(81)30-24-54/h10-11,14-15,17-20,23-27,29-33,36-37,42,44,46,48-52,59,64-70,83,86,97,99H,12-13,16,21-22,28,34-35,38-41,43,45,47,82H2,1-9H3,(H,87,103)(H,88,105)(H,89,98)(H,90,101)(H,91,106)(H,92,104)(H,93,102)/t50-,51-,52-,59?,64-,65-,66-,67-,68-,69-,70-/m0/s1. The first-order chi connectivity index (χ1) is 52.0. The second-order valence-corrected chi connectivity index (χ2v) is 29.0. The lowest BCUT2D eigenvalue weighted by Crippen LogP contribution is -2.61. The fourth-order valence-electron chi connectivity index (χ4n) is 13.0. The number of hydrogen-bond acceptors (Lipinski definition) is 18. The van der Waals surface area contributed by atoms with Gasteiger partial charge in [-0.1, -0.05) is 100.0 Å². The maximum Gasteiger partial charge on any atom is 0.250 e. The number of anilines is 2. The number of unbranched alkanes of at least 4 members (excludes halogenated alkanes) is 1. The molecule has 1 aliphatic rings. The van der Waals surface area contributed by atoms with E-state index in [1.807, 2.05) is 70.2 Å². The van der Waals surface area contributed by atoms with Crippen LogP contribution < -0.4 is 58.5 Å². The number of pyridine rings is 2. The monoisotopic (exact) mass is 1520 g/mol. The predicted octanol–water partition coefficient (Wildman–Crippen LogP) is 4.91. The number of aliphatic hydroxyl groups is 1. The predicted molar refractivity (Wildman–Crippen MR) is 416 cm³/mol. The molecule has 1 aliphatic heterocycles. The Hall–Kier alpha value is -10.3. The second kappa shape index (κ2) is 42.5. The molecule has 1 unspecified atom stereocenters. The minimum Gasteiger partial charge on any atom is -0.508 e. The highest BCUT2D eigenvalue weighted by Gasteiger charge is 2.42. The highest BCUT2D eigenvalue weighted by atomic mass is 35.5. The summed E-state index contributed by atoms with van der Waals surface area (Å²) in [6.07, 6.45) is 7.89. The Morgan fingerprint density at radius 3 is 1.94 bits per heavy atom. The number of Topliss-reactive ketones (excluding diaryl/α,β-unsaturated/α-hetero) is 1. The number of phenols is 1. The second-order valence-electron chi connectivity index (χ2n) is 28.6. The molecule has 28 nitrogen and oxygen atoms in total. The first-order valence-corrected chi connectivity index (χ1v) is 37.5. The number of rotatable bonds is 41. The van der Waals surface area contributed by atoms with Gasteiger partial charge in [-0.2, -0.15) is 0 Å². The van der Waals surface area contributed by atoms with Crippen molar-refractivity contribution in [1.29, 1.82) is 0 Å². The fourth-order valence-corrected chi connectivity index (χ4v) is 13.1. The number of carbonyl (C=O) groups excluding carboxylic acids is 11. The Balaban J connectivity index is 1.16. The Kier molecular flexibility index (Phi) is 33.5. The van der Waals surface area contributed by atoms with Gasteiger partial charge in [0.05, 0.1) is 30.6 Å². The van der Waals surface area contributed by atoms with Crippen LogP contribution in [0.5, 0.6) is 5.75 Å². The van der Waals surface area contributed by atoms with Crippen LogP contribution in [0.2, 0.25) is 5.02 Å². The van der Waals surface area contributed by atoms with Gasteiger partial charge in [-0.05, 0) is 173 Å². The van der Waals surface area contributed by atoms with E-state index in [0.717, 1.165) is 21.2 Å². The van der Waals surface area contributed by atoms with Gasteiger partial charge < -0.3 is 78.5 Å². The molecule has 10 amide bonds. The molecule has 11 atom stereocenters. The number of carbonyl (C=O) groups is 11. The largest absolute Gasteiger partial charge is 0.508 e. The van der Waals surface area contributed by atoms with Crippen molar-refractivity contribution in [2.24, 2.45) is 17.6 Å². The van der Waals surface area contributed by atoms with E-state index < -0.39 is 138 Å². The van der Waals surface area contributed by atoms with Gasteiger partial charge in [-0.25, -0.2) is 0 Å². The zero-order valence-corrected chi connectivity index (χ0v) is 64.2. The van der Waals surface area contributed by atoms with Crippen molar-refractivity contribution in [2.75, 3.05) is 43.5 Å². The summed E-state index contributed by atoms with van der Waals surface area (Å²) in [6.45, 7) is 13.6.